The summed E-state index contributed by atoms with van der Waals surface area (Å²) in [5, 5.41) is 0. The van der Waals surface area contributed by atoms with Crippen LogP contribution in [0.25, 0.3) is 0 Å². The topological polar surface area (TPSA) is 29.5 Å². The second-order valence-corrected chi connectivity index (χ2v) is 8.18. The van der Waals surface area contributed by atoms with Gasteiger partial charge < -0.3 is 4.74 Å². The molecule has 2 aliphatic heterocycles. The van der Waals surface area contributed by atoms with Crippen LogP contribution in [0.1, 0.15) is 30.4 Å². The summed E-state index contributed by atoms with van der Waals surface area (Å²) in [5.74, 6) is 0.497. The Morgan fingerprint density at radius 1 is 1.04 bits per heavy atom. The van der Waals surface area contributed by atoms with E-state index in [1.165, 1.54) is 29.4 Å². The number of rotatable bonds is 6. The van der Waals surface area contributed by atoms with E-state index < -0.39 is 0 Å². The summed E-state index contributed by atoms with van der Waals surface area (Å²) in [7, 11) is 3.72. The Bertz CT molecular complexity index is 843. The van der Waals surface area contributed by atoms with Crippen LogP contribution in [-0.2, 0) is 22.4 Å². The first-order valence-electron chi connectivity index (χ1n) is 10.2. The highest BCUT2D eigenvalue weighted by molar-refractivity contribution is 5.73. The highest BCUT2D eigenvalue weighted by Gasteiger charge is 2.45. The molecule has 2 heterocycles. The molecular formula is C25H29NO2. The van der Waals surface area contributed by atoms with Crippen molar-refractivity contribution < 1.29 is 9.53 Å². The largest absolute Gasteiger partial charge is 0.469 e. The predicted molar refractivity (Wildman–Crippen MR) is 112 cm³/mol. The molecule has 146 valence electrons. The molecule has 0 radical (unpaired) electrons. The van der Waals surface area contributed by atoms with Gasteiger partial charge in [-0.15, -0.1) is 0 Å². The van der Waals surface area contributed by atoms with Gasteiger partial charge in [0.05, 0.1) is 13.5 Å². The Kier molecular flexibility index (Phi) is 5.63. The van der Waals surface area contributed by atoms with Gasteiger partial charge in [-0.25, -0.2) is 0 Å². The average molecular weight is 376 g/mol. The quantitative estimate of drug-likeness (QED) is 0.553. The molecule has 0 aliphatic carbocycles. The van der Waals surface area contributed by atoms with Gasteiger partial charge in [-0.1, -0.05) is 66.2 Å². The highest BCUT2D eigenvalue weighted by Crippen LogP contribution is 2.44. The van der Waals surface area contributed by atoms with Gasteiger partial charge in [0.1, 0.15) is 0 Å². The number of ether oxygens (including phenoxy) is 1. The number of methoxy groups -OCH3 is 1. The van der Waals surface area contributed by atoms with E-state index in [0.29, 0.717) is 24.4 Å². The third kappa shape index (κ3) is 3.90. The second-order valence-electron chi connectivity index (χ2n) is 8.18. The van der Waals surface area contributed by atoms with Crippen LogP contribution in [0.2, 0.25) is 0 Å². The van der Waals surface area contributed by atoms with E-state index in [4.69, 9.17) is 4.74 Å². The van der Waals surface area contributed by atoms with Crippen LogP contribution >= 0.6 is 0 Å². The van der Waals surface area contributed by atoms with Crippen LogP contribution in [0.3, 0.4) is 0 Å². The molecule has 1 saturated heterocycles. The summed E-state index contributed by atoms with van der Waals surface area (Å²) < 4.78 is 5.02. The number of carbonyl (C=O) groups excluding carboxylic acids is 1. The van der Waals surface area contributed by atoms with E-state index in [-0.39, 0.29) is 5.97 Å². The molecule has 28 heavy (non-hydrogen) atoms. The molecule has 1 fully saturated rings. The van der Waals surface area contributed by atoms with Gasteiger partial charge >= 0.3 is 5.97 Å². The van der Waals surface area contributed by atoms with Crippen LogP contribution in [0.5, 0.6) is 0 Å². The Morgan fingerprint density at radius 3 is 2.32 bits per heavy atom. The highest BCUT2D eigenvalue weighted by atomic mass is 16.5. The maximum absolute atomic E-state index is 12.2. The van der Waals surface area contributed by atoms with Gasteiger partial charge in [0.25, 0.3) is 0 Å². The fraction of sp³-hybridized carbons (Fsp3) is 0.400. The Morgan fingerprint density at radius 2 is 1.68 bits per heavy atom. The first kappa shape index (κ1) is 18.9. The summed E-state index contributed by atoms with van der Waals surface area (Å²) >= 11 is 0. The van der Waals surface area contributed by atoms with Crippen molar-refractivity contribution in [3.63, 3.8) is 0 Å². The van der Waals surface area contributed by atoms with Crippen molar-refractivity contribution in [3.05, 3.63) is 82.9 Å². The maximum atomic E-state index is 12.2. The molecule has 3 nitrogen and oxygen atoms in total. The van der Waals surface area contributed by atoms with Crippen LogP contribution in [-0.4, -0.2) is 37.1 Å². The van der Waals surface area contributed by atoms with Crippen molar-refractivity contribution in [2.45, 2.75) is 44.2 Å². The lowest BCUT2D eigenvalue weighted by molar-refractivity contribution is -0.140. The Hall–Kier alpha value is -2.39. The zero-order valence-electron chi connectivity index (χ0n) is 16.8. The molecule has 2 bridgehead atoms. The summed E-state index contributed by atoms with van der Waals surface area (Å²) in [4.78, 5) is 14.7. The molecule has 3 heteroatoms. The van der Waals surface area contributed by atoms with Gasteiger partial charge in [-0.05, 0) is 55.3 Å². The molecule has 2 aromatic rings. The molecule has 0 N–H and O–H groups in total. The molecule has 2 aromatic carbocycles. The van der Waals surface area contributed by atoms with Crippen LogP contribution in [0.4, 0.5) is 0 Å². The number of benzene rings is 2. The number of nitrogens with zero attached hydrogens (tertiary/aromatic N) is 1. The third-order valence-corrected chi connectivity index (χ3v) is 6.56. The fourth-order valence-corrected chi connectivity index (χ4v) is 5.13. The normalized spacial score (nSPS) is 24.4. The molecule has 0 aromatic heterocycles. The number of esters is 1. The van der Waals surface area contributed by atoms with Crippen molar-refractivity contribution in [3.8, 4) is 0 Å². The van der Waals surface area contributed by atoms with Crippen molar-refractivity contribution in [1.29, 1.82) is 0 Å². The monoisotopic (exact) mass is 375 g/mol. The zero-order valence-corrected chi connectivity index (χ0v) is 16.8. The van der Waals surface area contributed by atoms with Gasteiger partial charge in [-0.2, -0.15) is 0 Å². The smallest absolute Gasteiger partial charge is 0.309 e. The lowest BCUT2D eigenvalue weighted by Crippen LogP contribution is -2.40. The number of hydrogen-bond acceptors (Lipinski definition) is 3. The van der Waals surface area contributed by atoms with Gasteiger partial charge in [0.15, 0.2) is 0 Å². The number of hydrogen-bond donors (Lipinski definition) is 0. The average Bonchev–Trinajstić information content (AvgIpc) is 2.93. The van der Waals surface area contributed by atoms with E-state index >= 15 is 0 Å². The number of likely N-dealkylation sites (N-methyl/N-ethyl adjacent to an activating group) is 1. The van der Waals surface area contributed by atoms with E-state index in [1.807, 2.05) is 0 Å². The fourth-order valence-electron chi connectivity index (χ4n) is 5.13. The lowest BCUT2D eigenvalue weighted by atomic mass is 9.86. The summed E-state index contributed by atoms with van der Waals surface area (Å²) in [6.45, 7) is 0. The Labute approximate surface area is 168 Å². The minimum atomic E-state index is -0.126. The minimum absolute atomic E-state index is 0.126. The standard InChI is InChI=1S/C25H29NO2/c1-26-23-15-20(13-18-9-5-3-6-10-18)22(17-25(27)28-2)24(26)16-21(23)14-19-11-7-4-8-12-19/h3-12,21,23-24H,13-17H2,1-2H3/t21-,23+,24+/m0/s1. The first-order valence-corrected chi connectivity index (χ1v) is 10.2. The SMILES string of the molecule is COC(=O)CC1=C(Cc2ccccc2)C[C@@H]2[C@@H](Cc3ccccc3)C[C@H]1N2C. The summed E-state index contributed by atoms with van der Waals surface area (Å²) in [6, 6.07) is 22.3. The van der Waals surface area contributed by atoms with Gasteiger partial charge in [-0.3, -0.25) is 9.69 Å². The molecular weight excluding hydrogens is 346 g/mol. The molecule has 4 rings (SSSR count). The predicted octanol–water partition coefficient (Wildman–Crippen LogP) is 4.42. The summed E-state index contributed by atoms with van der Waals surface area (Å²) in [5.41, 5.74) is 5.47. The lowest BCUT2D eigenvalue weighted by Gasteiger charge is -2.36. The van der Waals surface area contributed by atoms with Crippen LogP contribution < -0.4 is 0 Å². The van der Waals surface area contributed by atoms with Gasteiger partial charge in [0, 0.05) is 12.1 Å². The van der Waals surface area contributed by atoms with Crippen molar-refractivity contribution in [1.82, 2.24) is 4.90 Å². The molecule has 0 unspecified atom stereocenters. The van der Waals surface area contributed by atoms with Crippen molar-refractivity contribution in [2.75, 3.05) is 14.2 Å². The van der Waals surface area contributed by atoms with E-state index in [1.54, 1.807) is 0 Å². The molecule has 0 saturated carbocycles. The third-order valence-electron chi connectivity index (χ3n) is 6.56. The van der Waals surface area contributed by atoms with E-state index in [2.05, 4.69) is 72.6 Å². The Balaban J connectivity index is 1.60. The number of fused-ring (bicyclic) bond motifs is 2. The molecule has 0 spiro atoms. The van der Waals surface area contributed by atoms with E-state index in [9.17, 15) is 4.79 Å². The number of carbonyl (C=O) groups is 1. The van der Waals surface area contributed by atoms with Crippen LogP contribution in [0.15, 0.2) is 71.8 Å². The zero-order chi connectivity index (χ0) is 19.5. The first-order chi connectivity index (χ1) is 13.7. The van der Waals surface area contributed by atoms with E-state index in [0.717, 1.165) is 25.7 Å². The van der Waals surface area contributed by atoms with Gasteiger partial charge in [0.2, 0.25) is 0 Å². The molecule has 0 amide bonds. The minimum Gasteiger partial charge on any atom is -0.469 e. The van der Waals surface area contributed by atoms with Crippen molar-refractivity contribution in [2.24, 2.45) is 5.92 Å². The maximum Gasteiger partial charge on any atom is 0.309 e. The second kappa shape index (κ2) is 8.32. The van der Waals surface area contributed by atoms with Crippen LogP contribution in [0, 0.1) is 5.92 Å². The summed E-state index contributed by atoms with van der Waals surface area (Å²) in [6.07, 6.45) is 4.63. The molecule has 3 atom stereocenters. The van der Waals surface area contributed by atoms with Crippen molar-refractivity contribution >= 4 is 5.97 Å². The molecule has 2 aliphatic rings.